The van der Waals surface area contributed by atoms with E-state index in [4.69, 9.17) is 19.2 Å². The third-order valence-electron chi connectivity index (χ3n) is 8.10. The van der Waals surface area contributed by atoms with E-state index in [1.165, 1.54) is 24.8 Å². The van der Waals surface area contributed by atoms with Crippen LogP contribution in [-0.4, -0.2) is 62.4 Å². The van der Waals surface area contributed by atoms with E-state index in [2.05, 4.69) is 22.3 Å². The lowest BCUT2D eigenvalue weighted by atomic mass is 9.92. The Balaban J connectivity index is 1.15. The first-order chi connectivity index (χ1) is 18.6. The minimum Gasteiger partial charge on any atom is -0.468 e. The van der Waals surface area contributed by atoms with Crippen LogP contribution in [0.5, 0.6) is 0 Å². The molecule has 206 valence electrons. The molecule has 3 atom stereocenters. The number of halogens is 1. The smallest absolute Gasteiger partial charge is 0.327 e. The first-order valence-electron chi connectivity index (χ1n) is 14.2. The summed E-state index contributed by atoms with van der Waals surface area (Å²) in [5.74, 6) is 0.742. The van der Waals surface area contributed by atoms with E-state index in [1.807, 2.05) is 0 Å². The molecule has 0 spiro atoms. The van der Waals surface area contributed by atoms with Crippen LogP contribution in [0.2, 0.25) is 0 Å². The summed E-state index contributed by atoms with van der Waals surface area (Å²) in [6, 6.07) is 8.40. The summed E-state index contributed by atoms with van der Waals surface area (Å²) in [5.41, 5.74) is 3.93. The van der Waals surface area contributed by atoms with Gasteiger partial charge in [0, 0.05) is 38.4 Å². The zero-order valence-electron chi connectivity index (χ0n) is 22.4. The molecule has 2 saturated heterocycles. The summed E-state index contributed by atoms with van der Waals surface area (Å²) in [6.45, 7) is 4.51. The second-order valence-corrected chi connectivity index (χ2v) is 10.7. The monoisotopic (exact) mass is 525 g/mol. The van der Waals surface area contributed by atoms with Crippen LogP contribution >= 0.6 is 0 Å². The number of carbonyl (C=O) groups excluding carboxylic acids is 1. The molecule has 38 heavy (non-hydrogen) atoms. The number of nitrogens with one attached hydrogen (secondary N) is 1. The van der Waals surface area contributed by atoms with E-state index in [1.54, 1.807) is 6.07 Å². The van der Waals surface area contributed by atoms with Crippen molar-refractivity contribution < 1.29 is 23.4 Å². The Hall–Kier alpha value is -2.55. The summed E-state index contributed by atoms with van der Waals surface area (Å²) in [4.78, 5) is 19.9. The summed E-state index contributed by atoms with van der Waals surface area (Å²) >= 11 is 0. The summed E-state index contributed by atoms with van der Waals surface area (Å²) in [7, 11) is 1.40. The van der Waals surface area contributed by atoms with Crippen molar-refractivity contribution >= 4 is 11.8 Å². The number of methoxy groups -OCH3 is 1. The average molecular weight is 526 g/mol. The number of aryl methyl sites for hydroxylation is 1. The number of ether oxygens (including phenoxy) is 3. The number of benzene rings is 1. The van der Waals surface area contributed by atoms with Crippen LogP contribution in [0.3, 0.4) is 0 Å². The van der Waals surface area contributed by atoms with E-state index in [0.717, 1.165) is 88.1 Å². The molecule has 2 aromatic rings. The lowest BCUT2D eigenvalue weighted by Gasteiger charge is -2.31. The molecular weight excluding hydrogens is 485 g/mol. The van der Waals surface area contributed by atoms with Crippen LogP contribution in [0.25, 0.3) is 0 Å². The van der Waals surface area contributed by atoms with Gasteiger partial charge in [-0.05, 0) is 92.3 Å². The van der Waals surface area contributed by atoms with Crippen molar-refractivity contribution in [3.05, 3.63) is 58.5 Å². The highest BCUT2D eigenvalue weighted by Gasteiger charge is 2.37. The predicted octanol–water partition coefficient (Wildman–Crippen LogP) is 5.01. The number of esters is 1. The van der Waals surface area contributed by atoms with Crippen LogP contribution in [-0.2, 0) is 31.8 Å². The molecule has 8 heteroatoms. The number of fused-ring (bicyclic) bond motifs is 1. The van der Waals surface area contributed by atoms with Crippen LogP contribution in [0.1, 0.15) is 73.1 Å². The fourth-order valence-electron chi connectivity index (χ4n) is 6.02. The molecule has 0 radical (unpaired) electrons. The van der Waals surface area contributed by atoms with E-state index < -0.39 is 6.04 Å². The van der Waals surface area contributed by atoms with Gasteiger partial charge < -0.3 is 19.5 Å². The molecule has 1 aromatic carbocycles. The minimum atomic E-state index is -0.633. The molecule has 0 aliphatic carbocycles. The molecule has 3 unspecified atom stereocenters. The molecule has 2 fully saturated rings. The van der Waals surface area contributed by atoms with Gasteiger partial charge in [-0.2, -0.15) is 0 Å². The van der Waals surface area contributed by atoms with E-state index in [-0.39, 0.29) is 17.9 Å². The van der Waals surface area contributed by atoms with E-state index in [0.29, 0.717) is 31.3 Å². The van der Waals surface area contributed by atoms with Gasteiger partial charge in [-0.25, -0.2) is 14.2 Å². The minimum absolute atomic E-state index is 0.112. The fraction of sp³-hybridized carbons (Fsp3) is 0.600. The highest BCUT2D eigenvalue weighted by molar-refractivity contribution is 5.78. The topological polar surface area (TPSA) is 72.9 Å². The predicted molar refractivity (Wildman–Crippen MR) is 144 cm³/mol. The lowest BCUT2D eigenvalue weighted by molar-refractivity contribution is -0.147. The second-order valence-electron chi connectivity index (χ2n) is 10.7. The molecule has 1 N–H and O–H groups in total. The molecule has 0 saturated carbocycles. The van der Waals surface area contributed by atoms with Crippen LogP contribution in [0.15, 0.2) is 30.3 Å². The van der Waals surface area contributed by atoms with Gasteiger partial charge in [0.15, 0.2) is 0 Å². The van der Waals surface area contributed by atoms with Gasteiger partial charge in [0.05, 0.1) is 19.8 Å². The molecular formula is C30H40FN3O4. The third kappa shape index (κ3) is 6.53. The molecule has 7 nitrogen and oxygen atoms in total. The Labute approximate surface area is 225 Å². The molecule has 3 aliphatic heterocycles. The maximum absolute atomic E-state index is 14.4. The SMILES string of the molecule is COC(=O)C(c1cc(F)ccc1C1CCCCO1)N1CCC(CCOCCc2ccc3c(n2)NCCC3)C1. The van der Waals surface area contributed by atoms with Crippen molar-refractivity contribution in [1.29, 1.82) is 0 Å². The van der Waals surface area contributed by atoms with Gasteiger partial charge in [0.2, 0.25) is 0 Å². The van der Waals surface area contributed by atoms with Crippen molar-refractivity contribution in [2.75, 3.05) is 51.9 Å². The van der Waals surface area contributed by atoms with Gasteiger partial charge in [-0.15, -0.1) is 0 Å². The van der Waals surface area contributed by atoms with Crippen LogP contribution in [0, 0.1) is 11.7 Å². The number of anilines is 1. The number of pyridine rings is 1. The number of nitrogens with zero attached hydrogens (tertiary/aromatic N) is 2. The number of carbonyl (C=O) groups is 1. The van der Waals surface area contributed by atoms with Crippen molar-refractivity contribution in [2.24, 2.45) is 5.92 Å². The quantitative estimate of drug-likeness (QED) is 0.346. The molecule has 0 bridgehead atoms. The fourth-order valence-corrected chi connectivity index (χ4v) is 6.02. The molecule has 4 heterocycles. The van der Waals surface area contributed by atoms with Crippen molar-refractivity contribution in [2.45, 2.75) is 63.5 Å². The second kappa shape index (κ2) is 13.0. The molecule has 1 aromatic heterocycles. The first kappa shape index (κ1) is 27.0. The van der Waals surface area contributed by atoms with E-state index >= 15 is 0 Å². The van der Waals surface area contributed by atoms with Gasteiger partial charge in [0.25, 0.3) is 0 Å². The maximum atomic E-state index is 14.4. The Morgan fingerprint density at radius 1 is 1.21 bits per heavy atom. The van der Waals surface area contributed by atoms with Gasteiger partial charge >= 0.3 is 5.97 Å². The average Bonchev–Trinajstić information content (AvgIpc) is 3.41. The Morgan fingerprint density at radius 2 is 2.13 bits per heavy atom. The lowest BCUT2D eigenvalue weighted by Crippen LogP contribution is -2.34. The third-order valence-corrected chi connectivity index (χ3v) is 8.10. The first-order valence-corrected chi connectivity index (χ1v) is 14.2. The van der Waals surface area contributed by atoms with Crippen LogP contribution < -0.4 is 5.32 Å². The van der Waals surface area contributed by atoms with Crippen molar-refractivity contribution in [3.63, 3.8) is 0 Å². The number of rotatable bonds is 10. The normalized spacial score (nSPS) is 22.5. The van der Waals surface area contributed by atoms with Gasteiger partial charge in [-0.3, -0.25) is 4.90 Å². The zero-order valence-corrected chi connectivity index (χ0v) is 22.4. The standard InChI is InChI=1S/C30H40FN3O4/c1-36-30(35)28(26-19-23(31)8-10-25(26)27-6-2-3-16-38-27)34-15-11-21(20-34)12-17-37-18-13-24-9-7-22-5-4-14-32-29(22)33-24/h7-10,19,21,27-28H,2-6,11-18,20H2,1H3,(H,32,33). The number of aromatic nitrogens is 1. The molecule has 0 amide bonds. The Bertz CT molecular complexity index is 1090. The summed E-state index contributed by atoms with van der Waals surface area (Å²) < 4.78 is 31.6. The summed E-state index contributed by atoms with van der Waals surface area (Å²) in [6.07, 6.45) is 7.81. The summed E-state index contributed by atoms with van der Waals surface area (Å²) in [5, 5.41) is 3.39. The molecule has 5 rings (SSSR count). The van der Waals surface area contributed by atoms with Crippen molar-refractivity contribution in [1.82, 2.24) is 9.88 Å². The van der Waals surface area contributed by atoms with Gasteiger partial charge in [0.1, 0.15) is 17.7 Å². The highest BCUT2D eigenvalue weighted by Crippen LogP contribution is 2.38. The Morgan fingerprint density at radius 3 is 2.97 bits per heavy atom. The zero-order chi connectivity index (χ0) is 26.3. The maximum Gasteiger partial charge on any atom is 0.327 e. The van der Waals surface area contributed by atoms with Crippen molar-refractivity contribution in [3.8, 4) is 0 Å². The molecule has 3 aliphatic rings. The van der Waals surface area contributed by atoms with Gasteiger partial charge in [-0.1, -0.05) is 12.1 Å². The Kier molecular flexibility index (Phi) is 9.25. The van der Waals surface area contributed by atoms with E-state index in [9.17, 15) is 9.18 Å². The number of hydrogen-bond donors (Lipinski definition) is 1. The van der Waals surface area contributed by atoms with Crippen LogP contribution in [0.4, 0.5) is 10.2 Å². The highest BCUT2D eigenvalue weighted by atomic mass is 19.1. The number of likely N-dealkylation sites (tertiary alicyclic amines) is 1. The number of hydrogen-bond acceptors (Lipinski definition) is 7. The largest absolute Gasteiger partial charge is 0.468 e.